The molecule has 0 saturated carbocycles. The molecule has 6 N–H and O–H groups in total. The number of allylic oxidation sites excluding steroid dienone is 5. The maximum atomic E-state index is 7.30. The quantitative estimate of drug-likeness (QED) is 0.0771. The van der Waals surface area contributed by atoms with Gasteiger partial charge in [0.05, 0.1) is 5.70 Å². The van der Waals surface area contributed by atoms with Crippen molar-refractivity contribution >= 4 is 27.5 Å². The largest absolute Gasteiger partial charge is 0.457 e. The SMILES string of the molecule is C#CN/C(=C/C(=N)N)c1ccc(O/C(C=C)=C/C=C)cc1.CC/C(N)=C\Cc1cccc(Br)c1. The second-order valence-corrected chi connectivity index (χ2v) is 7.80. The van der Waals surface area contributed by atoms with E-state index in [1.807, 2.05) is 24.3 Å². The molecule has 0 spiro atoms. The molecule has 6 heteroatoms. The minimum atomic E-state index is -0.0871. The van der Waals surface area contributed by atoms with Crippen LogP contribution >= 0.6 is 15.9 Å². The molecule has 0 fully saturated rings. The summed E-state index contributed by atoms with van der Waals surface area (Å²) in [6.07, 6.45) is 15.5. The van der Waals surface area contributed by atoms with Crippen LogP contribution in [-0.4, -0.2) is 5.84 Å². The number of amidine groups is 1. The molecule has 2 rings (SSSR count). The van der Waals surface area contributed by atoms with E-state index in [0.29, 0.717) is 17.2 Å². The molecule has 2 aromatic carbocycles. The van der Waals surface area contributed by atoms with Gasteiger partial charge in [-0.2, -0.15) is 0 Å². The highest BCUT2D eigenvalue weighted by Gasteiger charge is 2.03. The smallest absolute Gasteiger partial charge is 0.127 e. The van der Waals surface area contributed by atoms with Crippen LogP contribution in [0.1, 0.15) is 24.5 Å². The van der Waals surface area contributed by atoms with Gasteiger partial charge in [0, 0.05) is 22.3 Å². The van der Waals surface area contributed by atoms with Gasteiger partial charge in [-0.05, 0) is 72.5 Å². The third-order valence-corrected chi connectivity index (χ3v) is 4.78. The molecule has 0 saturated heterocycles. The summed E-state index contributed by atoms with van der Waals surface area (Å²) < 4.78 is 6.72. The Bertz CT molecular complexity index is 1110. The molecule has 0 aliphatic rings. The van der Waals surface area contributed by atoms with E-state index in [1.165, 1.54) is 11.6 Å². The molecule has 34 heavy (non-hydrogen) atoms. The van der Waals surface area contributed by atoms with Crippen molar-refractivity contribution in [2.24, 2.45) is 11.5 Å². The predicted octanol–water partition coefficient (Wildman–Crippen LogP) is 6.02. The Morgan fingerprint density at radius 3 is 2.44 bits per heavy atom. The van der Waals surface area contributed by atoms with Crippen LogP contribution in [0, 0.1) is 17.9 Å². The molecule has 0 aliphatic heterocycles. The molecule has 0 unspecified atom stereocenters. The molecule has 0 aromatic heterocycles. The van der Waals surface area contributed by atoms with Gasteiger partial charge >= 0.3 is 0 Å². The van der Waals surface area contributed by atoms with Gasteiger partial charge in [0.1, 0.15) is 17.3 Å². The van der Waals surface area contributed by atoms with Crippen molar-refractivity contribution in [2.75, 3.05) is 0 Å². The standard InChI is InChI=1S/C17H17N3O.C11H14BrN/c1-4-7-14(5-2)21-15-10-8-13(9-11-15)16(20-6-3)12-17(18)19;1-2-11(13)7-6-9-4-3-5-10(12)8-9/h3-5,7-12,20H,1-2H2,(H3,18,19);3-5,7-8H,2,6,13H2,1H3/b14-7+,16-12+;11-7+. The average molecular weight is 519 g/mol. The Hall–Kier alpha value is -3.95. The Balaban J connectivity index is 0.000000380. The van der Waals surface area contributed by atoms with Gasteiger partial charge in [-0.15, -0.1) is 0 Å². The normalized spacial score (nSPS) is 11.4. The van der Waals surface area contributed by atoms with Crippen LogP contribution in [0.15, 0.2) is 108 Å². The lowest BCUT2D eigenvalue weighted by Crippen LogP contribution is -2.11. The molecule has 0 amide bonds. The predicted molar refractivity (Wildman–Crippen MR) is 148 cm³/mol. The lowest BCUT2D eigenvalue weighted by atomic mass is 10.1. The Kier molecular flexibility index (Phi) is 13.0. The van der Waals surface area contributed by atoms with Gasteiger partial charge in [0.15, 0.2) is 0 Å². The van der Waals surface area contributed by atoms with Crippen LogP contribution in [0.25, 0.3) is 5.70 Å². The van der Waals surface area contributed by atoms with Crippen molar-refractivity contribution < 1.29 is 4.74 Å². The van der Waals surface area contributed by atoms with E-state index >= 15 is 0 Å². The summed E-state index contributed by atoms with van der Waals surface area (Å²) in [7, 11) is 0. The zero-order valence-electron chi connectivity index (χ0n) is 19.4. The number of rotatable bonds is 10. The first-order valence-electron chi connectivity index (χ1n) is 10.5. The second-order valence-electron chi connectivity index (χ2n) is 6.88. The van der Waals surface area contributed by atoms with E-state index in [4.69, 9.17) is 28.0 Å². The fourth-order valence-electron chi connectivity index (χ4n) is 2.58. The molecule has 2 aromatic rings. The number of halogens is 1. The van der Waals surface area contributed by atoms with Gasteiger partial charge in [0.2, 0.25) is 0 Å². The number of hydrogen-bond donors (Lipinski definition) is 4. The molecule has 0 radical (unpaired) electrons. The number of nitrogens with one attached hydrogen (secondary N) is 2. The molecule has 0 aliphatic carbocycles. The number of hydrogen-bond acceptors (Lipinski definition) is 4. The van der Waals surface area contributed by atoms with Crippen LogP contribution in [0.5, 0.6) is 5.75 Å². The van der Waals surface area contributed by atoms with Crippen LogP contribution in [0.2, 0.25) is 0 Å². The second kappa shape index (κ2) is 15.8. The molecular weight excluding hydrogens is 488 g/mol. The number of nitrogens with two attached hydrogens (primary N) is 2. The molecule has 0 bridgehead atoms. The third-order valence-electron chi connectivity index (χ3n) is 4.29. The minimum absolute atomic E-state index is 0.0871. The van der Waals surface area contributed by atoms with Crippen molar-refractivity contribution in [3.05, 3.63) is 119 Å². The van der Waals surface area contributed by atoms with E-state index in [9.17, 15) is 0 Å². The van der Waals surface area contributed by atoms with E-state index in [1.54, 1.807) is 30.4 Å². The van der Waals surface area contributed by atoms with Crippen molar-refractivity contribution in [2.45, 2.75) is 19.8 Å². The fraction of sp³-hybridized carbons (Fsp3) is 0.107. The van der Waals surface area contributed by atoms with Gasteiger partial charge in [-0.3, -0.25) is 5.41 Å². The Morgan fingerprint density at radius 1 is 1.21 bits per heavy atom. The summed E-state index contributed by atoms with van der Waals surface area (Å²) in [5.41, 5.74) is 14.7. The summed E-state index contributed by atoms with van der Waals surface area (Å²) in [6, 6.07) is 17.8. The van der Waals surface area contributed by atoms with Crippen molar-refractivity contribution in [1.82, 2.24) is 5.32 Å². The van der Waals surface area contributed by atoms with Crippen molar-refractivity contribution in [3.63, 3.8) is 0 Å². The monoisotopic (exact) mass is 518 g/mol. The van der Waals surface area contributed by atoms with Crippen LogP contribution in [0.3, 0.4) is 0 Å². The molecule has 0 heterocycles. The number of benzene rings is 2. The summed E-state index contributed by atoms with van der Waals surface area (Å²) in [5, 5.41) is 10.0. The summed E-state index contributed by atoms with van der Waals surface area (Å²) in [5.74, 6) is 1.16. The first kappa shape index (κ1) is 28.1. The average Bonchev–Trinajstić information content (AvgIpc) is 2.82. The highest BCUT2D eigenvalue weighted by molar-refractivity contribution is 9.10. The first-order valence-corrected chi connectivity index (χ1v) is 11.3. The van der Waals surface area contributed by atoms with E-state index in [0.717, 1.165) is 28.6 Å². The summed E-state index contributed by atoms with van der Waals surface area (Å²) >= 11 is 3.43. The van der Waals surface area contributed by atoms with Crippen molar-refractivity contribution in [3.8, 4) is 18.2 Å². The van der Waals surface area contributed by atoms with Crippen LogP contribution in [-0.2, 0) is 6.42 Å². The first-order chi connectivity index (χ1) is 16.3. The highest BCUT2D eigenvalue weighted by atomic mass is 79.9. The molecule has 176 valence electrons. The molecule has 5 nitrogen and oxygen atoms in total. The van der Waals surface area contributed by atoms with Crippen molar-refractivity contribution in [1.29, 1.82) is 5.41 Å². The molecule has 0 atom stereocenters. The number of ether oxygens (including phenoxy) is 1. The molecular formula is C28H31BrN4O. The minimum Gasteiger partial charge on any atom is -0.457 e. The van der Waals surface area contributed by atoms with Crippen LogP contribution in [0.4, 0.5) is 0 Å². The van der Waals surface area contributed by atoms with E-state index in [-0.39, 0.29) is 5.84 Å². The van der Waals surface area contributed by atoms with E-state index in [2.05, 4.69) is 65.6 Å². The highest BCUT2D eigenvalue weighted by Crippen LogP contribution is 2.19. The summed E-state index contributed by atoms with van der Waals surface area (Å²) in [4.78, 5) is 0. The summed E-state index contributed by atoms with van der Waals surface area (Å²) in [6.45, 7) is 9.33. The lowest BCUT2D eigenvalue weighted by molar-refractivity contribution is 0.445. The van der Waals surface area contributed by atoms with Gasteiger partial charge < -0.3 is 21.5 Å². The lowest BCUT2D eigenvalue weighted by Gasteiger charge is -2.09. The van der Waals surface area contributed by atoms with E-state index < -0.39 is 0 Å². The van der Waals surface area contributed by atoms with Gasteiger partial charge in [0.25, 0.3) is 0 Å². The fourth-order valence-corrected chi connectivity index (χ4v) is 3.03. The maximum Gasteiger partial charge on any atom is 0.127 e. The third kappa shape index (κ3) is 11.1. The van der Waals surface area contributed by atoms with Crippen LogP contribution < -0.4 is 21.5 Å². The zero-order valence-corrected chi connectivity index (χ0v) is 20.9. The number of terminal acetylenes is 1. The topological polar surface area (TPSA) is 97.2 Å². The Morgan fingerprint density at radius 2 is 1.91 bits per heavy atom. The maximum absolute atomic E-state index is 7.30. The van der Waals surface area contributed by atoms with Gasteiger partial charge in [-0.1, -0.05) is 66.7 Å². The van der Waals surface area contributed by atoms with Gasteiger partial charge in [-0.25, -0.2) is 0 Å². The Labute approximate surface area is 211 Å². The zero-order chi connectivity index (χ0) is 25.3.